The third kappa shape index (κ3) is 35.6. The first kappa shape index (κ1) is 82.1. The van der Waals surface area contributed by atoms with Gasteiger partial charge in [0.1, 0.15) is 80.7 Å². The van der Waals surface area contributed by atoms with Crippen LogP contribution in [0.25, 0.3) is 0 Å². The molecule has 15 N–H and O–H groups in total. The zero-order valence-corrected chi connectivity index (χ0v) is 52.2. The van der Waals surface area contributed by atoms with E-state index in [1.807, 2.05) is 0 Å². The molecule has 0 unspecified atom stereocenters. The average Bonchev–Trinajstić information content (AvgIpc) is 0.941. The Bertz CT molecular complexity index is 2000. The molecule has 92 heavy (non-hydrogen) atoms. The molecule has 3 saturated heterocycles. The molecule has 36 nitrogen and oxygen atoms in total. The second-order valence-corrected chi connectivity index (χ2v) is 21.2. The van der Waals surface area contributed by atoms with E-state index in [2.05, 4.69) is 26.6 Å². The Balaban J connectivity index is 1.29. The topological polar surface area (TPSA) is 503 Å². The number of carboxylic acid groups (broad SMARTS) is 1. The summed E-state index contributed by atoms with van der Waals surface area (Å²) in [6.45, 7) is 1.64. The monoisotopic (exact) mass is 1340 g/mol. The van der Waals surface area contributed by atoms with Gasteiger partial charge in [-0.25, -0.2) is 4.79 Å². The first-order valence-electron chi connectivity index (χ1n) is 30.9. The van der Waals surface area contributed by atoms with Crippen LogP contribution in [0.5, 0.6) is 0 Å². The van der Waals surface area contributed by atoms with Crippen LogP contribution in [-0.4, -0.2) is 350 Å². The highest BCUT2D eigenvalue weighted by atomic mass is 16.7. The van der Waals surface area contributed by atoms with E-state index < -0.39 is 154 Å². The van der Waals surface area contributed by atoms with Crippen molar-refractivity contribution in [1.29, 1.82) is 0 Å². The molecule has 0 aromatic carbocycles. The third-order valence-corrected chi connectivity index (χ3v) is 13.9. The van der Waals surface area contributed by atoms with Crippen molar-refractivity contribution in [2.24, 2.45) is 0 Å². The summed E-state index contributed by atoms with van der Waals surface area (Å²) in [6, 6.07) is -3.60. The highest BCUT2D eigenvalue weighted by Gasteiger charge is 2.45. The van der Waals surface area contributed by atoms with Crippen molar-refractivity contribution in [3.8, 4) is 0 Å². The lowest BCUT2D eigenvalue weighted by atomic mass is 9.97. The van der Waals surface area contributed by atoms with Gasteiger partial charge in [-0.15, -0.1) is 0 Å². The van der Waals surface area contributed by atoms with E-state index in [-0.39, 0.29) is 177 Å². The molecule has 536 valence electrons. The maximum absolute atomic E-state index is 13.6. The number of nitrogens with one attached hydrogen (secondary N) is 5. The van der Waals surface area contributed by atoms with Crippen molar-refractivity contribution >= 4 is 35.5 Å². The Hall–Kier alpha value is -4.14. The molecule has 5 amide bonds. The fourth-order valence-electron chi connectivity index (χ4n) is 9.01. The minimum absolute atomic E-state index is 0.00321. The molecule has 3 fully saturated rings. The molecular weight excluding hydrogens is 1240 g/mol. The van der Waals surface area contributed by atoms with Crippen molar-refractivity contribution < 1.29 is 151 Å². The number of carbonyl (C=O) groups is 6. The van der Waals surface area contributed by atoms with E-state index in [0.717, 1.165) is 0 Å². The summed E-state index contributed by atoms with van der Waals surface area (Å²) in [6.07, 6.45) is -11.8. The Kier molecular flexibility index (Phi) is 44.9. The number of carbonyl (C=O) groups excluding carboxylic acids is 5. The minimum Gasteiger partial charge on any atom is -0.480 e. The number of rotatable bonds is 54. The van der Waals surface area contributed by atoms with Crippen molar-refractivity contribution in [2.45, 2.75) is 150 Å². The van der Waals surface area contributed by atoms with Crippen LogP contribution in [0.3, 0.4) is 0 Å². The molecule has 3 heterocycles. The van der Waals surface area contributed by atoms with E-state index in [9.17, 15) is 79.8 Å². The van der Waals surface area contributed by atoms with Gasteiger partial charge in [0, 0.05) is 32.9 Å². The van der Waals surface area contributed by atoms with Crippen LogP contribution in [0, 0.1) is 0 Å². The van der Waals surface area contributed by atoms with Crippen LogP contribution in [0.15, 0.2) is 0 Å². The van der Waals surface area contributed by atoms with Crippen molar-refractivity contribution in [3.05, 3.63) is 0 Å². The lowest BCUT2D eigenvalue weighted by Crippen LogP contribution is -2.64. The van der Waals surface area contributed by atoms with E-state index in [1.54, 1.807) is 0 Å². The molecular formula is C56H101N5O31. The smallest absolute Gasteiger partial charge is 0.326 e. The predicted octanol–water partition coefficient (Wildman–Crippen LogP) is -7.59. The number of carboxylic acids is 1. The van der Waals surface area contributed by atoms with Crippen LogP contribution < -0.4 is 26.6 Å². The number of ether oxygens (including phenoxy) is 15. The quantitative estimate of drug-likeness (QED) is 0.0252. The molecule has 0 saturated carbocycles. The zero-order valence-electron chi connectivity index (χ0n) is 52.2. The van der Waals surface area contributed by atoms with Gasteiger partial charge >= 0.3 is 5.97 Å². The van der Waals surface area contributed by atoms with Gasteiger partial charge in [0.05, 0.1) is 151 Å². The van der Waals surface area contributed by atoms with Gasteiger partial charge in [-0.05, 0) is 38.5 Å². The largest absolute Gasteiger partial charge is 0.480 e. The summed E-state index contributed by atoms with van der Waals surface area (Å²) < 4.78 is 81.7. The summed E-state index contributed by atoms with van der Waals surface area (Å²) in [5, 5.41) is 111. The maximum atomic E-state index is 13.6. The zero-order chi connectivity index (χ0) is 67.3. The van der Waals surface area contributed by atoms with Gasteiger partial charge in [-0.2, -0.15) is 0 Å². The summed E-state index contributed by atoms with van der Waals surface area (Å²) in [5.74, 6) is -4.06. The molecule has 3 aliphatic rings. The number of amides is 5. The van der Waals surface area contributed by atoms with E-state index in [1.165, 1.54) is 6.92 Å². The van der Waals surface area contributed by atoms with Gasteiger partial charge in [0.2, 0.25) is 29.5 Å². The lowest BCUT2D eigenvalue weighted by Gasteiger charge is -2.42. The first-order chi connectivity index (χ1) is 44.4. The Morgan fingerprint density at radius 2 is 0.804 bits per heavy atom. The van der Waals surface area contributed by atoms with E-state index in [4.69, 9.17) is 71.1 Å². The van der Waals surface area contributed by atoms with Crippen LogP contribution in [-0.2, 0) is 99.8 Å². The van der Waals surface area contributed by atoms with Gasteiger partial charge in [-0.1, -0.05) is 0 Å². The standard InChI is InChI=1S/C56H101N5O31/c1-36(65)59-49-53(74)52(73)43(32-64)92-56(49)89-27-24-83-15-12-79-17-20-85-34-45(69)58-9-5-3-7-38(55(76)77)61-54(75)37(60-46(70)35-86-21-18-80-11-14-82-23-26-88-48-29-40(67)51(72)42(31-63)91-48)6-2-4-8-57-44(68)33-84-19-16-78-10-13-81-22-25-87-47-28-39(66)50(71)41(30-62)90-47/h37-43,47-53,56,62-64,66-67,71-74H,2-35H2,1H3,(H,57,68)(H,58,69)(H,59,65)(H,60,70)(H,61,75)(H,76,77)/t37-,38-,39+,40+,41+,42+,43+,47+,48+,49+,50+,51+,52-,53+,56+/m0/s1. The molecule has 0 aromatic rings. The molecule has 0 aliphatic carbocycles. The maximum Gasteiger partial charge on any atom is 0.326 e. The van der Waals surface area contributed by atoms with Crippen molar-refractivity contribution in [1.82, 2.24) is 26.6 Å². The van der Waals surface area contributed by atoms with Crippen molar-refractivity contribution in [2.75, 3.05) is 172 Å². The minimum atomic E-state index is -1.44. The van der Waals surface area contributed by atoms with Crippen LogP contribution >= 0.6 is 0 Å². The summed E-state index contributed by atoms with van der Waals surface area (Å²) in [4.78, 5) is 75.2. The predicted molar refractivity (Wildman–Crippen MR) is 311 cm³/mol. The fourth-order valence-corrected chi connectivity index (χ4v) is 9.01. The second kappa shape index (κ2) is 50.3. The summed E-state index contributed by atoms with van der Waals surface area (Å²) >= 11 is 0. The molecule has 3 aliphatic heterocycles. The van der Waals surface area contributed by atoms with Gasteiger partial charge in [0.15, 0.2) is 18.9 Å². The number of hydrogen-bond donors (Lipinski definition) is 15. The highest BCUT2D eigenvalue weighted by molar-refractivity contribution is 5.90. The Morgan fingerprint density at radius 3 is 1.21 bits per heavy atom. The van der Waals surface area contributed by atoms with E-state index >= 15 is 0 Å². The number of aliphatic hydroxyl groups is 9. The fraction of sp³-hybridized carbons (Fsp3) is 0.893. The molecule has 0 radical (unpaired) electrons. The average molecular weight is 1340 g/mol. The second-order valence-electron chi connectivity index (χ2n) is 21.2. The molecule has 0 bridgehead atoms. The Labute approximate surface area is 533 Å². The van der Waals surface area contributed by atoms with Crippen LogP contribution in [0.1, 0.15) is 58.3 Å². The Morgan fingerprint density at radius 1 is 0.435 bits per heavy atom. The summed E-state index contributed by atoms with van der Waals surface area (Å²) in [7, 11) is 0. The highest BCUT2D eigenvalue weighted by Crippen LogP contribution is 2.24. The molecule has 36 heteroatoms. The number of unbranched alkanes of at least 4 members (excludes halogenated alkanes) is 2. The van der Waals surface area contributed by atoms with E-state index in [0.29, 0.717) is 19.3 Å². The lowest BCUT2D eigenvalue weighted by molar-refractivity contribution is -0.272. The van der Waals surface area contributed by atoms with Gasteiger partial charge in [-0.3, -0.25) is 24.0 Å². The molecule has 0 aromatic heterocycles. The molecule has 15 atom stereocenters. The third-order valence-electron chi connectivity index (χ3n) is 13.9. The number of aliphatic hydroxyl groups excluding tert-OH is 9. The van der Waals surface area contributed by atoms with Gasteiger partial charge < -0.3 is 149 Å². The normalized spacial score (nSPS) is 25.6. The van der Waals surface area contributed by atoms with Crippen molar-refractivity contribution in [3.63, 3.8) is 0 Å². The number of aliphatic carboxylic acids is 1. The SMILES string of the molecule is CC(=O)N[C@H]1[C@H](OCCOCCOCCOCC(=O)NCCCC[C@H](NC(=O)[C@H](CCCCNC(=O)COCCOCCOCCO[C@H]2C[C@@H](O)[C@@H](O)[C@@H](CO)O2)NC(=O)COCCOCCOCCO[C@H]2C[C@@H](O)[C@@H](O)[C@@H](CO)O2)C(=O)O)O[C@H](CO)[C@H](O)[C@@H]1O. The first-order valence-corrected chi connectivity index (χ1v) is 30.9. The van der Waals surface area contributed by atoms with Crippen LogP contribution in [0.2, 0.25) is 0 Å². The van der Waals surface area contributed by atoms with Crippen LogP contribution in [0.4, 0.5) is 0 Å². The van der Waals surface area contributed by atoms with Gasteiger partial charge in [0.25, 0.3) is 0 Å². The molecule has 3 rings (SSSR count). The molecule has 0 spiro atoms. The number of hydrogen-bond acceptors (Lipinski definition) is 30. The summed E-state index contributed by atoms with van der Waals surface area (Å²) in [5.41, 5.74) is 0.